The van der Waals surface area contributed by atoms with E-state index in [1.54, 1.807) is 9.47 Å². The molecule has 0 fully saturated rings. The zero-order valence-electron chi connectivity index (χ0n) is 18.2. The van der Waals surface area contributed by atoms with Crippen LogP contribution in [0.3, 0.4) is 0 Å². The summed E-state index contributed by atoms with van der Waals surface area (Å²) in [5.74, 6) is -0.386. The SMILES string of the molecule is CCCN1Cc2c(n(CC(=O)N[C@H](C)CC)c3cc(C(C)(C)C)nn3c2=O)C1=O. The summed E-state index contributed by atoms with van der Waals surface area (Å²) < 4.78 is 3.01. The number of nitrogens with one attached hydrogen (secondary N) is 1. The number of nitrogens with zero attached hydrogens (tertiary/aromatic N) is 4. The monoisotopic (exact) mass is 401 g/mol. The van der Waals surface area contributed by atoms with E-state index in [2.05, 4.69) is 10.4 Å². The van der Waals surface area contributed by atoms with Crippen LogP contribution in [0.4, 0.5) is 0 Å². The zero-order valence-corrected chi connectivity index (χ0v) is 18.2. The fourth-order valence-corrected chi connectivity index (χ4v) is 3.56. The summed E-state index contributed by atoms with van der Waals surface area (Å²) in [7, 11) is 0. The lowest BCUT2D eigenvalue weighted by Crippen LogP contribution is -2.37. The van der Waals surface area contributed by atoms with Crippen LogP contribution in [0.25, 0.3) is 5.65 Å². The molecule has 158 valence electrons. The van der Waals surface area contributed by atoms with Crippen molar-refractivity contribution in [1.82, 2.24) is 24.4 Å². The number of carbonyl (C=O) groups excluding carboxylic acids is 2. The lowest BCUT2D eigenvalue weighted by molar-refractivity contribution is -0.122. The molecule has 0 spiro atoms. The van der Waals surface area contributed by atoms with Crippen molar-refractivity contribution in [1.29, 1.82) is 0 Å². The van der Waals surface area contributed by atoms with E-state index in [-0.39, 0.29) is 41.9 Å². The maximum atomic E-state index is 13.1. The van der Waals surface area contributed by atoms with Gasteiger partial charge in [-0.15, -0.1) is 0 Å². The Labute approximate surface area is 170 Å². The summed E-state index contributed by atoms with van der Waals surface area (Å²) in [5.41, 5.74) is 1.40. The molecule has 3 heterocycles. The normalized spacial score (nSPS) is 15.1. The Morgan fingerprint density at radius 2 is 1.97 bits per heavy atom. The third-order valence-corrected chi connectivity index (χ3v) is 5.40. The molecule has 1 N–H and O–H groups in total. The number of hydrogen-bond acceptors (Lipinski definition) is 4. The van der Waals surface area contributed by atoms with Crippen molar-refractivity contribution in [3.8, 4) is 0 Å². The highest BCUT2D eigenvalue weighted by Gasteiger charge is 2.35. The van der Waals surface area contributed by atoms with E-state index in [1.807, 2.05) is 47.6 Å². The molecule has 1 aliphatic heterocycles. The average Bonchev–Trinajstić information content (AvgIpc) is 3.22. The fraction of sp³-hybridized carbons (Fsp3) is 0.619. The number of rotatable bonds is 6. The van der Waals surface area contributed by atoms with Gasteiger partial charge in [0.25, 0.3) is 11.5 Å². The minimum Gasteiger partial charge on any atom is -0.352 e. The van der Waals surface area contributed by atoms with Crippen molar-refractivity contribution in [3.63, 3.8) is 0 Å². The fourth-order valence-electron chi connectivity index (χ4n) is 3.56. The summed E-state index contributed by atoms with van der Waals surface area (Å²) >= 11 is 0. The van der Waals surface area contributed by atoms with E-state index in [4.69, 9.17) is 0 Å². The van der Waals surface area contributed by atoms with Gasteiger partial charge >= 0.3 is 0 Å². The Morgan fingerprint density at radius 1 is 1.28 bits per heavy atom. The van der Waals surface area contributed by atoms with Gasteiger partial charge in [0.2, 0.25) is 5.91 Å². The quantitative estimate of drug-likeness (QED) is 0.803. The van der Waals surface area contributed by atoms with Gasteiger partial charge in [-0.1, -0.05) is 34.6 Å². The Bertz CT molecular complexity index is 1010. The first-order valence-corrected chi connectivity index (χ1v) is 10.3. The number of fused-ring (bicyclic) bond motifs is 2. The molecule has 2 aromatic rings. The van der Waals surface area contributed by atoms with Crippen molar-refractivity contribution in [2.45, 2.75) is 78.9 Å². The summed E-state index contributed by atoms with van der Waals surface area (Å²) in [4.78, 5) is 40.5. The molecule has 2 amide bonds. The Kier molecular flexibility index (Phi) is 5.56. The van der Waals surface area contributed by atoms with Crippen LogP contribution >= 0.6 is 0 Å². The van der Waals surface area contributed by atoms with Gasteiger partial charge in [-0.2, -0.15) is 9.61 Å². The minimum atomic E-state index is -0.281. The third-order valence-electron chi connectivity index (χ3n) is 5.40. The average molecular weight is 402 g/mol. The van der Waals surface area contributed by atoms with Crippen LogP contribution in [0.1, 0.15) is 76.1 Å². The zero-order chi connectivity index (χ0) is 21.5. The van der Waals surface area contributed by atoms with E-state index >= 15 is 0 Å². The van der Waals surface area contributed by atoms with Crippen molar-refractivity contribution >= 4 is 17.5 Å². The van der Waals surface area contributed by atoms with Gasteiger partial charge in [0.05, 0.1) is 17.8 Å². The Morgan fingerprint density at radius 3 is 2.55 bits per heavy atom. The molecule has 0 saturated heterocycles. The highest BCUT2D eigenvalue weighted by atomic mass is 16.2. The topological polar surface area (TPSA) is 88.7 Å². The molecule has 0 bridgehead atoms. The number of aromatic nitrogens is 3. The van der Waals surface area contributed by atoms with Crippen LogP contribution in [0.5, 0.6) is 0 Å². The molecule has 0 aliphatic carbocycles. The standard InChI is InChI=1S/C21H31N5O3/c1-7-9-24-11-14-18(20(24)29)25(12-16(27)22-13(3)8-2)17-10-15(21(4,5)6)23-26(17)19(14)28/h10,13H,7-9,11-12H2,1-6H3,(H,22,27)/t13-/m1/s1. The van der Waals surface area contributed by atoms with Gasteiger partial charge < -0.3 is 14.8 Å². The maximum Gasteiger partial charge on any atom is 0.280 e. The largest absolute Gasteiger partial charge is 0.352 e. The molecule has 1 aliphatic rings. The highest BCUT2D eigenvalue weighted by molar-refractivity contribution is 5.97. The summed E-state index contributed by atoms with van der Waals surface area (Å²) in [6.07, 6.45) is 1.61. The van der Waals surface area contributed by atoms with E-state index in [0.29, 0.717) is 23.4 Å². The second kappa shape index (κ2) is 7.65. The molecule has 0 radical (unpaired) electrons. The van der Waals surface area contributed by atoms with E-state index in [0.717, 1.165) is 18.5 Å². The van der Waals surface area contributed by atoms with Gasteiger partial charge in [0.1, 0.15) is 17.9 Å². The molecule has 0 aromatic carbocycles. The summed E-state index contributed by atoms with van der Waals surface area (Å²) in [6, 6.07) is 1.85. The molecule has 29 heavy (non-hydrogen) atoms. The van der Waals surface area contributed by atoms with Crippen molar-refractivity contribution in [3.05, 3.63) is 33.4 Å². The van der Waals surface area contributed by atoms with E-state index < -0.39 is 0 Å². The number of carbonyl (C=O) groups is 2. The molecule has 2 aromatic heterocycles. The van der Waals surface area contributed by atoms with Gasteiger partial charge in [0.15, 0.2) is 0 Å². The van der Waals surface area contributed by atoms with Crippen LogP contribution < -0.4 is 10.9 Å². The van der Waals surface area contributed by atoms with Gasteiger partial charge in [-0.3, -0.25) is 14.4 Å². The van der Waals surface area contributed by atoms with Crippen LogP contribution in [0, 0.1) is 0 Å². The van der Waals surface area contributed by atoms with Crippen molar-refractivity contribution < 1.29 is 9.59 Å². The smallest absolute Gasteiger partial charge is 0.280 e. The van der Waals surface area contributed by atoms with Crippen molar-refractivity contribution in [2.24, 2.45) is 0 Å². The van der Waals surface area contributed by atoms with Gasteiger partial charge in [-0.25, -0.2) is 0 Å². The second-order valence-electron chi connectivity index (χ2n) is 8.87. The molecule has 0 saturated carbocycles. The summed E-state index contributed by atoms with van der Waals surface area (Å²) in [6.45, 7) is 12.8. The first kappa shape index (κ1) is 21.1. The predicted octanol–water partition coefficient (Wildman–Crippen LogP) is 2.07. The number of amides is 2. The molecular weight excluding hydrogens is 370 g/mol. The van der Waals surface area contributed by atoms with E-state index in [9.17, 15) is 14.4 Å². The second-order valence-corrected chi connectivity index (χ2v) is 8.87. The molecule has 1 atom stereocenters. The lowest BCUT2D eigenvalue weighted by atomic mass is 9.93. The lowest BCUT2D eigenvalue weighted by Gasteiger charge is -2.17. The first-order chi connectivity index (χ1) is 13.6. The number of hydrogen-bond donors (Lipinski definition) is 1. The molecule has 8 heteroatoms. The predicted molar refractivity (Wildman–Crippen MR) is 111 cm³/mol. The van der Waals surface area contributed by atoms with Gasteiger partial charge in [0, 0.05) is 24.1 Å². The molecular formula is C21H31N5O3. The molecule has 8 nitrogen and oxygen atoms in total. The summed E-state index contributed by atoms with van der Waals surface area (Å²) in [5, 5.41) is 7.47. The van der Waals surface area contributed by atoms with E-state index in [1.165, 1.54) is 4.52 Å². The minimum absolute atomic E-state index is 0.0303. The highest BCUT2D eigenvalue weighted by Crippen LogP contribution is 2.26. The van der Waals surface area contributed by atoms with Crippen molar-refractivity contribution in [2.75, 3.05) is 6.54 Å². The van der Waals surface area contributed by atoms with Gasteiger partial charge in [-0.05, 0) is 19.8 Å². The van der Waals surface area contributed by atoms with Crippen LogP contribution in [0.15, 0.2) is 10.9 Å². The third kappa shape index (κ3) is 3.80. The van der Waals surface area contributed by atoms with Crippen LogP contribution in [-0.4, -0.2) is 43.5 Å². The molecule has 3 rings (SSSR count). The van der Waals surface area contributed by atoms with Crippen LogP contribution in [0.2, 0.25) is 0 Å². The molecule has 0 unspecified atom stereocenters. The first-order valence-electron chi connectivity index (χ1n) is 10.3. The Balaban J connectivity index is 2.19. The maximum absolute atomic E-state index is 13.1. The Hall–Kier alpha value is -2.64. The van der Waals surface area contributed by atoms with Crippen LogP contribution in [-0.2, 0) is 23.3 Å².